The van der Waals surface area contributed by atoms with E-state index in [0.29, 0.717) is 0 Å². The number of benzene rings is 1. The molecule has 0 aromatic heterocycles. The summed E-state index contributed by atoms with van der Waals surface area (Å²) in [7, 11) is 1.66. The number of aliphatic hydroxyl groups excluding tert-OH is 1. The van der Waals surface area contributed by atoms with Crippen molar-refractivity contribution in [2.45, 2.75) is 26.3 Å². The Morgan fingerprint density at radius 3 is 2.67 bits per heavy atom. The van der Waals surface area contributed by atoms with E-state index >= 15 is 0 Å². The summed E-state index contributed by atoms with van der Waals surface area (Å²) in [5.41, 5.74) is 8.18. The van der Waals surface area contributed by atoms with Crippen molar-refractivity contribution in [1.29, 1.82) is 0 Å². The van der Waals surface area contributed by atoms with E-state index in [9.17, 15) is 0 Å². The van der Waals surface area contributed by atoms with Crippen LogP contribution in [0, 0.1) is 0 Å². The fraction of sp³-hybridized carbons (Fsp3) is 0.571. The minimum Gasteiger partial charge on any atom is -0.496 e. The molecule has 1 atom stereocenters. The van der Waals surface area contributed by atoms with E-state index in [0.717, 1.165) is 36.5 Å². The SMILES string of the molecule is CCN(CCCO)c1cccc(OC)c1[C@H](C)N. The Kier molecular flexibility index (Phi) is 5.95. The Balaban J connectivity index is 3.12. The topological polar surface area (TPSA) is 58.7 Å². The maximum absolute atomic E-state index is 8.96. The number of methoxy groups -OCH3 is 1. The molecule has 4 nitrogen and oxygen atoms in total. The molecule has 0 spiro atoms. The predicted molar refractivity (Wildman–Crippen MR) is 75.2 cm³/mol. The number of hydrogen-bond donors (Lipinski definition) is 2. The molecule has 0 bridgehead atoms. The summed E-state index contributed by atoms with van der Waals surface area (Å²) in [6.45, 7) is 5.96. The molecule has 0 aliphatic carbocycles. The normalized spacial score (nSPS) is 12.3. The molecule has 0 amide bonds. The van der Waals surface area contributed by atoms with Gasteiger partial charge in [0, 0.05) is 37.0 Å². The lowest BCUT2D eigenvalue weighted by Crippen LogP contribution is -2.27. The fourth-order valence-electron chi connectivity index (χ4n) is 2.15. The van der Waals surface area contributed by atoms with Crippen molar-refractivity contribution in [3.05, 3.63) is 23.8 Å². The minimum absolute atomic E-state index is 0.0840. The van der Waals surface area contributed by atoms with E-state index in [-0.39, 0.29) is 12.6 Å². The van der Waals surface area contributed by atoms with Crippen molar-refractivity contribution in [1.82, 2.24) is 0 Å². The van der Waals surface area contributed by atoms with Gasteiger partial charge in [0.25, 0.3) is 0 Å². The van der Waals surface area contributed by atoms with Gasteiger partial charge in [-0.1, -0.05) is 6.07 Å². The van der Waals surface area contributed by atoms with Crippen LogP contribution in [-0.4, -0.2) is 31.9 Å². The van der Waals surface area contributed by atoms with Crippen molar-refractivity contribution in [3.63, 3.8) is 0 Å². The fourth-order valence-corrected chi connectivity index (χ4v) is 2.15. The second kappa shape index (κ2) is 7.24. The molecule has 0 radical (unpaired) electrons. The second-order valence-corrected chi connectivity index (χ2v) is 4.34. The third-order valence-electron chi connectivity index (χ3n) is 3.03. The van der Waals surface area contributed by atoms with Gasteiger partial charge in [0.05, 0.1) is 7.11 Å². The molecule has 0 aliphatic heterocycles. The number of hydrogen-bond acceptors (Lipinski definition) is 4. The molecule has 4 heteroatoms. The van der Waals surface area contributed by atoms with Crippen LogP contribution in [0.3, 0.4) is 0 Å². The van der Waals surface area contributed by atoms with E-state index in [1.807, 2.05) is 19.1 Å². The molecule has 3 N–H and O–H groups in total. The second-order valence-electron chi connectivity index (χ2n) is 4.34. The van der Waals surface area contributed by atoms with Crippen molar-refractivity contribution in [2.24, 2.45) is 5.73 Å². The van der Waals surface area contributed by atoms with Gasteiger partial charge in [-0.2, -0.15) is 0 Å². The van der Waals surface area contributed by atoms with Crippen LogP contribution < -0.4 is 15.4 Å². The van der Waals surface area contributed by atoms with Crippen molar-refractivity contribution < 1.29 is 9.84 Å². The van der Waals surface area contributed by atoms with Crippen LogP contribution in [0.2, 0.25) is 0 Å². The summed E-state index contributed by atoms with van der Waals surface area (Å²) < 4.78 is 5.39. The Labute approximate surface area is 109 Å². The standard InChI is InChI=1S/C14H24N2O2/c1-4-16(9-6-10-17)12-7-5-8-13(18-3)14(12)11(2)15/h5,7-8,11,17H,4,6,9-10,15H2,1-3H3/t11-/m0/s1. The van der Waals surface area contributed by atoms with E-state index in [4.69, 9.17) is 15.6 Å². The number of nitrogens with two attached hydrogens (primary N) is 1. The number of anilines is 1. The molecule has 0 saturated carbocycles. The highest BCUT2D eigenvalue weighted by Crippen LogP contribution is 2.33. The first-order valence-electron chi connectivity index (χ1n) is 6.44. The molecule has 0 saturated heterocycles. The van der Waals surface area contributed by atoms with Crippen LogP contribution >= 0.6 is 0 Å². The van der Waals surface area contributed by atoms with Gasteiger partial charge in [-0.05, 0) is 32.4 Å². The third-order valence-corrected chi connectivity index (χ3v) is 3.03. The Morgan fingerprint density at radius 1 is 1.44 bits per heavy atom. The highest BCUT2D eigenvalue weighted by atomic mass is 16.5. The Bertz CT molecular complexity index is 367. The number of ether oxygens (including phenoxy) is 1. The van der Waals surface area contributed by atoms with Gasteiger partial charge < -0.3 is 20.5 Å². The van der Waals surface area contributed by atoms with E-state index in [2.05, 4.69) is 17.9 Å². The van der Waals surface area contributed by atoms with Gasteiger partial charge in [-0.3, -0.25) is 0 Å². The third kappa shape index (κ3) is 3.37. The molecular formula is C14H24N2O2. The Morgan fingerprint density at radius 2 is 2.17 bits per heavy atom. The van der Waals surface area contributed by atoms with Crippen LogP contribution in [0.5, 0.6) is 5.75 Å². The highest BCUT2D eigenvalue weighted by Gasteiger charge is 2.16. The molecule has 102 valence electrons. The Hall–Kier alpha value is -1.26. The zero-order valence-corrected chi connectivity index (χ0v) is 11.5. The van der Waals surface area contributed by atoms with Crippen LogP contribution in [-0.2, 0) is 0 Å². The van der Waals surface area contributed by atoms with Gasteiger partial charge in [0.2, 0.25) is 0 Å². The summed E-state index contributed by atoms with van der Waals surface area (Å²) in [6.07, 6.45) is 0.753. The van der Waals surface area contributed by atoms with Gasteiger partial charge in [0.1, 0.15) is 5.75 Å². The van der Waals surface area contributed by atoms with Crippen molar-refractivity contribution >= 4 is 5.69 Å². The van der Waals surface area contributed by atoms with Crippen molar-refractivity contribution in [3.8, 4) is 5.75 Å². The van der Waals surface area contributed by atoms with Gasteiger partial charge in [-0.15, -0.1) is 0 Å². The zero-order chi connectivity index (χ0) is 13.5. The number of aliphatic hydroxyl groups is 1. The molecule has 0 fully saturated rings. The van der Waals surface area contributed by atoms with Crippen LogP contribution in [0.25, 0.3) is 0 Å². The monoisotopic (exact) mass is 252 g/mol. The number of nitrogens with zero attached hydrogens (tertiary/aromatic N) is 1. The molecule has 0 unspecified atom stereocenters. The first-order valence-corrected chi connectivity index (χ1v) is 6.44. The maximum atomic E-state index is 8.96. The molecule has 1 aromatic rings. The first kappa shape index (κ1) is 14.8. The first-order chi connectivity index (χ1) is 8.65. The summed E-state index contributed by atoms with van der Waals surface area (Å²) in [4.78, 5) is 2.22. The van der Waals surface area contributed by atoms with Gasteiger partial charge in [0.15, 0.2) is 0 Å². The smallest absolute Gasteiger partial charge is 0.125 e. The molecular weight excluding hydrogens is 228 g/mol. The van der Waals surface area contributed by atoms with E-state index in [1.54, 1.807) is 7.11 Å². The van der Waals surface area contributed by atoms with Crippen LogP contribution in [0.15, 0.2) is 18.2 Å². The molecule has 0 heterocycles. The summed E-state index contributed by atoms with van der Waals surface area (Å²) in [5.74, 6) is 0.824. The van der Waals surface area contributed by atoms with Crippen LogP contribution in [0.1, 0.15) is 31.9 Å². The van der Waals surface area contributed by atoms with E-state index in [1.165, 1.54) is 0 Å². The van der Waals surface area contributed by atoms with E-state index < -0.39 is 0 Å². The summed E-state index contributed by atoms with van der Waals surface area (Å²) >= 11 is 0. The van der Waals surface area contributed by atoms with Crippen LogP contribution in [0.4, 0.5) is 5.69 Å². The summed E-state index contributed by atoms with van der Waals surface area (Å²) in [6, 6.07) is 5.88. The highest BCUT2D eigenvalue weighted by molar-refractivity contribution is 5.60. The number of rotatable bonds is 7. The van der Waals surface area contributed by atoms with Gasteiger partial charge in [-0.25, -0.2) is 0 Å². The maximum Gasteiger partial charge on any atom is 0.125 e. The lowest BCUT2D eigenvalue weighted by atomic mass is 10.0. The molecule has 1 rings (SSSR count). The van der Waals surface area contributed by atoms with Gasteiger partial charge >= 0.3 is 0 Å². The average Bonchev–Trinajstić information content (AvgIpc) is 2.38. The molecule has 0 aliphatic rings. The lowest BCUT2D eigenvalue weighted by Gasteiger charge is -2.28. The quantitative estimate of drug-likeness (QED) is 0.778. The summed E-state index contributed by atoms with van der Waals surface area (Å²) in [5, 5.41) is 8.96. The minimum atomic E-state index is -0.0840. The molecule has 1 aromatic carbocycles. The largest absolute Gasteiger partial charge is 0.496 e. The predicted octanol–water partition coefficient (Wildman–Crippen LogP) is 1.92. The van der Waals surface area contributed by atoms with Crippen molar-refractivity contribution in [2.75, 3.05) is 31.7 Å². The lowest BCUT2D eigenvalue weighted by molar-refractivity contribution is 0.289. The zero-order valence-electron chi connectivity index (χ0n) is 11.5. The molecule has 18 heavy (non-hydrogen) atoms. The average molecular weight is 252 g/mol.